The van der Waals surface area contributed by atoms with Crippen molar-refractivity contribution in [1.29, 1.82) is 0 Å². The molecule has 0 fully saturated rings. The number of hydrogen-bond acceptors (Lipinski definition) is 4. The van der Waals surface area contributed by atoms with Crippen LogP contribution in [0.2, 0.25) is 39.3 Å². The van der Waals surface area contributed by atoms with Crippen LogP contribution in [-0.2, 0) is 8.54 Å². The van der Waals surface area contributed by atoms with Gasteiger partial charge in [0.1, 0.15) is 0 Å². The maximum absolute atomic E-state index is 10.3. The second-order valence-corrected chi connectivity index (χ2v) is 17.1. The zero-order valence-corrected chi connectivity index (χ0v) is 15.4. The van der Waals surface area contributed by atoms with Gasteiger partial charge in [0.05, 0.1) is 5.22 Å². The first kappa shape index (κ1) is 17.5. The highest BCUT2D eigenvalue weighted by molar-refractivity contribution is 6.79. The van der Waals surface area contributed by atoms with Crippen LogP contribution < -0.4 is 0 Å². The van der Waals surface area contributed by atoms with Gasteiger partial charge in [-0.1, -0.05) is 6.92 Å². The van der Waals surface area contributed by atoms with E-state index in [4.69, 9.17) is 8.54 Å². The predicted octanol–water partition coefficient (Wildman–Crippen LogP) is 2.32. The molecule has 0 spiro atoms. The Morgan fingerprint density at radius 1 is 1.00 bits per heavy atom. The molecule has 0 aliphatic heterocycles. The van der Waals surface area contributed by atoms with E-state index in [1.807, 2.05) is 40.0 Å². The van der Waals surface area contributed by atoms with Gasteiger partial charge < -0.3 is 18.1 Å². The Kier molecular flexibility index (Phi) is 5.39. The fourth-order valence-electron chi connectivity index (χ4n) is 1.79. The van der Waals surface area contributed by atoms with Crippen molar-refractivity contribution >= 4 is 25.4 Å². The molecule has 0 radical (unpaired) electrons. The molecule has 104 valence electrons. The summed E-state index contributed by atoms with van der Waals surface area (Å²) < 4.78 is 11.9. The van der Waals surface area contributed by atoms with Crippen molar-refractivity contribution < 1.29 is 18.1 Å². The van der Waals surface area contributed by atoms with E-state index in [1.165, 1.54) is 0 Å². The maximum Gasteiger partial charge on any atom is 0.323 e. The largest absolute Gasteiger partial charge is 0.429 e. The smallest absolute Gasteiger partial charge is 0.323 e. The average molecular weight is 297 g/mol. The molecule has 0 unspecified atom stereocenters. The predicted molar refractivity (Wildman–Crippen MR) is 77.7 cm³/mol. The van der Waals surface area contributed by atoms with Gasteiger partial charge >= 0.3 is 17.1 Å². The van der Waals surface area contributed by atoms with E-state index in [9.17, 15) is 9.59 Å². The molecule has 4 nitrogen and oxygen atoms in total. The molecule has 0 aromatic rings. The van der Waals surface area contributed by atoms with E-state index in [-0.39, 0.29) is 0 Å². The Morgan fingerprint density at radius 3 is 1.65 bits per heavy atom. The highest BCUT2D eigenvalue weighted by Gasteiger charge is 2.48. The minimum atomic E-state index is -2.59. The Hall–Kier alpha value is 0.491. The lowest BCUT2D eigenvalue weighted by atomic mass is 10.3. The molecule has 0 aliphatic carbocycles. The van der Waals surface area contributed by atoms with Crippen LogP contribution in [0.4, 0.5) is 0 Å². The van der Waals surface area contributed by atoms with Crippen LogP contribution in [0.3, 0.4) is 0 Å². The van der Waals surface area contributed by atoms with E-state index >= 15 is 0 Å². The van der Waals surface area contributed by atoms with Crippen molar-refractivity contribution in [2.45, 2.75) is 64.8 Å². The standard InChI is InChI=1S/C10H28O4Si3/c1-9-10(2,15(3,4)11)13-17(7,8)14-16(5,6)12/h11-12H,9H2,1-8H3/t10-/m0/s1. The highest BCUT2D eigenvalue weighted by atomic mass is 28.5. The van der Waals surface area contributed by atoms with Crippen molar-refractivity contribution in [3.63, 3.8) is 0 Å². The molecule has 1 atom stereocenters. The molecule has 0 aromatic heterocycles. The lowest BCUT2D eigenvalue weighted by molar-refractivity contribution is 0.0986. The number of hydrogen-bond donors (Lipinski definition) is 2. The fourth-order valence-corrected chi connectivity index (χ4v) is 10.6. The van der Waals surface area contributed by atoms with Crippen LogP contribution in [0.1, 0.15) is 20.3 Å². The van der Waals surface area contributed by atoms with Crippen molar-refractivity contribution in [2.75, 3.05) is 0 Å². The summed E-state index contributed by atoms with van der Waals surface area (Å²) in [5, 5.41) is -0.525. The first-order valence-electron chi connectivity index (χ1n) is 6.07. The molecule has 2 N–H and O–H groups in total. The summed E-state index contributed by atoms with van der Waals surface area (Å²) in [4.78, 5) is 20.2. The fraction of sp³-hybridized carbons (Fsp3) is 1.00. The topological polar surface area (TPSA) is 58.9 Å². The van der Waals surface area contributed by atoms with Gasteiger partial charge in [0.15, 0.2) is 0 Å². The van der Waals surface area contributed by atoms with Crippen molar-refractivity contribution in [3.8, 4) is 0 Å². The summed E-state index contributed by atoms with van der Waals surface area (Å²) >= 11 is 0. The molecule has 0 aromatic carbocycles. The normalized spacial score (nSPS) is 18.0. The van der Waals surface area contributed by atoms with Gasteiger partial charge in [0, 0.05) is 0 Å². The summed E-state index contributed by atoms with van der Waals surface area (Å²) in [6.45, 7) is 15.0. The van der Waals surface area contributed by atoms with E-state index < -0.39 is 30.7 Å². The van der Waals surface area contributed by atoms with Crippen LogP contribution in [0.5, 0.6) is 0 Å². The summed E-state index contributed by atoms with van der Waals surface area (Å²) in [6.07, 6.45) is 0.746. The van der Waals surface area contributed by atoms with Crippen LogP contribution in [0.15, 0.2) is 0 Å². The van der Waals surface area contributed by atoms with Gasteiger partial charge in [-0.3, -0.25) is 0 Å². The summed E-state index contributed by atoms with van der Waals surface area (Å²) in [6, 6.07) is 0. The van der Waals surface area contributed by atoms with Gasteiger partial charge in [0.25, 0.3) is 0 Å². The molecule has 0 saturated heterocycles. The first-order valence-corrected chi connectivity index (χ1v) is 14.7. The zero-order valence-electron chi connectivity index (χ0n) is 12.4. The molecule has 17 heavy (non-hydrogen) atoms. The molecular weight excluding hydrogens is 268 g/mol. The number of rotatable bonds is 6. The summed E-state index contributed by atoms with van der Waals surface area (Å²) in [7, 11) is -7.44. The molecular formula is C10H28O4Si3. The molecule has 0 amide bonds. The molecule has 0 heterocycles. The minimum absolute atomic E-state index is 0.525. The molecule has 7 heteroatoms. The third kappa shape index (κ3) is 5.77. The van der Waals surface area contributed by atoms with Crippen molar-refractivity contribution in [3.05, 3.63) is 0 Å². The van der Waals surface area contributed by atoms with Crippen LogP contribution >= 0.6 is 0 Å². The van der Waals surface area contributed by atoms with Crippen LogP contribution in [0.25, 0.3) is 0 Å². The highest BCUT2D eigenvalue weighted by Crippen LogP contribution is 2.30. The minimum Gasteiger partial charge on any atom is -0.429 e. The maximum atomic E-state index is 10.3. The second-order valence-electron chi connectivity index (χ2n) is 6.19. The van der Waals surface area contributed by atoms with E-state index in [0.29, 0.717) is 0 Å². The van der Waals surface area contributed by atoms with Crippen LogP contribution in [-0.4, -0.2) is 40.3 Å². The third-order valence-electron chi connectivity index (χ3n) is 2.94. The third-order valence-corrected chi connectivity index (χ3v) is 11.1. The molecule has 0 bridgehead atoms. The SMILES string of the molecule is CC[C@@](C)(O[Si](C)(C)O[Si](C)(C)O)[Si](C)(C)O. The van der Waals surface area contributed by atoms with Gasteiger partial charge in [-0.2, -0.15) is 0 Å². The Balaban J connectivity index is 4.91. The van der Waals surface area contributed by atoms with Gasteiger partial charge in [-0.15, -0.1) is 0 Å². The average Bonchev–Trinajstić information content (AvgIpc) is 1.95. The Labute approximate surface area is 109 Å². The Bertz CT molecular complexity index is 257. The lowest BCUT2D eigenvalue weighted by Crippen LogP contribution is -2.61. The molecule has 0 aliphatic rings. The van der Waals surface area contributed by atoms with Crippen molar-refractivity contribution in [1.82, 2.24) is 0 Å². The van der Waals surface area contributed by atoms with E-state index in [0.717, 1.165) is 6.42 Å². The van der Waals surface area contributed by atoms with Gasteiger partial charge in [-0.25, -0.2) is 0 Å². The second kappa shape index (κ2) is 5.24. The van der Waals surface area contributed by atoms with E-state index in [1.54, 1.807) is 13.1 Å². The summed E-state index contributed by atoms with van der Waals surface area (Å²) in [5.74, 6) is 0. The van der Waals surface area contributed by atoms with Crippen LogP contribution in [0, 0.1) is 0 Å². The summed E-state index contributed by atoms with van der Waals surface area (Å²) in [5.41, 5.74) is 0. The monoisotopic (exact) mass is 296 g/mol. The molecule has 0 saturated carbocycles. The Morgan fingerprint density at radius 2 is 1.41 bits per heavy atom. The quantitative estimate of drug-likeness (QED) is 0.739. The lowest BCUT2D eigenvalue weighted by Gasteiger charge is -2.44. The first-order chi connectivity index (χ1) is 7.22. The molecule has 0 rings (SSSR count). The van der Waals surface area contributed by atoms with Gasteiger partial charge in [0.2, 0.25) is 8.32 Å². The van der Waals surface area contributed by atoms with E-state index in [2.05, 4.69) is 0 Å². The van der Waals surface area contributed by atoms with Gasteiger partial charge in [-0.05, 0) is 52.6 Å². The zero-order chi connectivity index (χ0) is 14.1. The van der Waals surface area contributed by atoms with Crippen molar-refractivity contribution in [2.24, 2.45) is 0 Å².